The molecule has 0 saturated heterocycles. The molecule has 3 nitrogen and oxygen atoms in total. The standard InChI is InChI=1S/C14H18N2OS/c1-14(2)7-9(15-3)12-10(8-14)16-13(18-12)11-5-4-6-17-11/h4-6,9,15H,7-8H2,1-3H3. The van der Waals surface area contributed by atoms with Crippen LogP contribution < -0.4 is 5.32 Å². The molecule has 1 aliphatic rings. The Balaban J connectivity index is 2.03. The van der Waals surface area contributed by atoms with Crippen LogP contribution in [0.5, 0.6) is 0 Å². The minimum Gasteiger partial charge on any atom is -0.462 e. The second-order valence-electron chi connectivity index (χ2n) is 5.69. The molecule has 4 heteroatoms. The molecular formula is C14H18N2OS. The topological polar surface area (TPSA) is 38.1 Å². The Bertz CT molecular complexity index is 542. The highest BCUT2D eigenvalue weighted by atomic mass is 32.1. The number of thiazole rings is 1. The highest BCUT2D eigenvalue weighted by Crippen LogP contribution is 2.44. The van der Waals surface area contributed by atoms with Gasteiger partial charge in [-0.2, -0.15) is 0 Å². The van der Waals surface area contributed by atoms with Crippen LogP contribution in [0.3, 0.4) is 0 Å². The molecule has 1 unspecified atom stereocenters. The van der Waals surface area contributed by atoms with Crippen molar-refractivity contribution in [2.75, 3.05) is 7.05 Å². The van der Waals surface area contributed by atoms with Gasteiger partial charge in [-0.3, -0.25) is 0 Å². The molecule has 0 spiro atoms. The molecule has 0 radical (unpaired) electrons. The van der Waals surface area contributed by atoms with Gasteiger partial charge in [0.05, 0.1) is 12.0 Å². The van der Waals surface area contributed by atoms with E-state index < -0.39 is 0 Å². The second kappa shape index (κ2) is 4.21. The van der Waals surface area contributed by atoms with Gasteiger partial charge in [0.25, 0.3) is 0 Å². The van der Waals surface area contributed by atoms with Crippen molar-refractivity contribution in [1.82, 2.24) is 10.3 Å². The number of aromatic nitrogens is 1. The molecule has 1 aliphatic carbocycles. The zero-order valence-electron chi connectivity index (χ0n) is 11.0. The number of rotatable bonds is 2. The van der Waals surface area contributed by atoms with E-state index in [1.165, 1.54) is 10.6 Å². The molecule has 0 aromatic carbocycles. The van der Waals surface area contributed by atoms with Crippen LogP contribution in [-0.2, 0) is 6.42 Å². The normalized spacial score (nSPS) is 21.8. The van der Waals surface area contributed by atoms with E-state index in [1.54, 1.807) is 17.6 Å². The van der Waals surface area contributed by atoms with Gasteiger partial charge >= 0.3 is 0 Å². The van der Waals surface area contributed by atoms with E-state index in [1.807, 2.05) is 19.2 Å². The number of nitrogens with one attached hydrogen (secondary N) is 1. The first-order valence-corrected chi connectivity index (χ1v) is 7.11. The first kappa shape index (κ1) is 11.9. The number of hydrogen-bond acceptors (Lipinski definition) is 4. The summed E-state index contributed by atoms with van der Waals surface area (Å²) < 4.78 is 5.45. The highest BCUT2D eigenvalue weighted by Gasteiger charge is 2.34. The van der Waals surface area contributed by atoms with Gasteiger partial charge in [0.1, 0.15) is 0 Å². The van der Waals surface area contributed by atoms with Gasteiger partial charge in [0, 0.05) is 10.9 Å². The fourth-order valence-corrected chi connectivity index (χ4v) is 3.83. The van der Waals surface area contributed by atoms with Crippen LogP contribution in [0.15, 0.2) is 22.8 Å². The molecule has 0 fully saturated rings. The average molecular weight is 262 g/mol. The average Bonchev–Trinajstić information content (AvgIpc) is 2.93. The summed E-state index contributed by atoms with van der Waals surface area (Å²) >= 11 is 1.76. The first-order chi connectivity index (χ1) is 8.59. The van der Waals surface area contributed by atoms with Crippen LogP contribution >= 0.6 is 11.3 Å². The predicted molar refractivity (Wildman–Crippen MR) is 73.7 cm³/mol. The maximum absolute atomic E-state index is 5.45. The molecule has 0 aliphatic heterocycles. The number of hydrogen-bond donors (Lipinski definition) is 1. The van der Waals surface area contributed by atoms with Crippen LogP contribution in [0.2, 0.25) is 0 Å². The van der Waals surface area contributed by atoms with Crippen LogP contribution in [0.4, 0.5) is 0 Å². The SMILES string of the molecule is CNC1CC(C)(C)Cc2nc(-c3ccco3)sc21. The highest BCUT2D eigenvalue weighted by molar-refractivity contribution is 7.15. The van der Waals surface area contributed by atoms with Crippen LogP contribution in [0, 0.1) is 5.41 Å². The lowest BCUT2D eigenvalue weighted by Gasteiger charge is -2.34. The van der Waals surface area contributed by atoms with E-state index in [-0.39, 0.29) is 0 Å². The molecule has 2 aromatic rings. The third-order valence-corrected chi connectivity index (χ3v) is 4.75. The smallest absolute Gasteiger partial charge is 0.162 e. The summed E-state index contributed by atoms with van der Waals surface area (Å²) in [5.41, 5.74) is 1.55. The van der Waals surface area contributed by atoms with Crippen molar-refractivity contribution in [3.8, 4) is 10.8 Å². The van der Waals surface area contributed by atoms with E-state index in [0.717, 1.165) is 23.6 Å². The molecule has 18 heavy (non-hydrogen) atoms. The lowest BCUT2D eigenvalue weighted by atomic mass is 9.76. The summed E-state index contributed by atoms with van der Waals surface area (Å²) in [4.78, 5) is 6.15. The Morgan fingerprint density at radius 2 is 2.33 bits per heavy atom. The fraction of sp³-hybridized carbons (Fsp3) is 0.500. The molecule has 1 N–H and O–H groups in total. The van der Waals surface area contributed by atoms with Gasteiger partial charge in [-0.05, 0) is 37.4 Å². The van der Waals surface area contributed by atoms with Crippen molar-refractivity contribution in [3.05, 3.63) is 29.0 Å². The van der Waals surface area contributed by atoms with Gasteiger partial charge in [-0.15, -0.1) is 11.3 Å². The fourth-order valence-electron chi connectivity index (χ4n) is 2.67. The van der Waals surface area contributed by atoms with Crippen molar-refractivity contribution < 1.29 is 4.42 Å². The van der Waals surface area contributed by atoms with E-state index in [9.17, 15) is 0 Å². The Morgan fingerprint density at radius 1 is 1.50 bits per heavy atom. The van der Waals surface area contributed by atoms with Crippen LogP contribution in [0.25, 0.3) is 10.8 Å². The van der Waals surface area contributed by atoms with Crippen LogP contribution in [-0.4, -0.2) is 12.0 Å². The van der Waals surface area contributed by atoms with Crippen molar-refractivity contribution >= 4 is 11.3 Å². The first-order valence-electron chi connectivity index (χ1n) is 6.30. The Morgan fingerprint density at radius 3 is 3.00 bits per heavy atom. The quantitative estimate of drug-likeness (QED) is 0.898. The molecule has 2 heterocycles. The Hall–Kier alpha value is -1.13. The summed E-state index contributed by atoms with van der Waals surface area (Å²) in [6.07, 6.45) is 3.92. The maximum Gasteiger partial charge on any atom is 0.162 e. The summed E-state index contributed by atoms with van der Waals surface area (Å²) in [5, 5.41) is 4.42. The summed E-state index contributed by atoms with van der Waals surface area (Å²) in [5.74, 6) is 0.877. The van der Waals surface area contributed by atoms with Gasteiger partial charge < -0.3 is 9.73 Å². The zero-order valence-corrected chi connectivity index (χ0v) is 11.8. The van der Waals surface area contributed by atoms with Gasteiger partial charge in [-0.1, -0.05) is 13.8 Å². The summed E-state index contributed by atoms with van der Waals surface area (Å²) in [6, 6.07) is 4.31. The minimum absolute atomic E-state index is 0.315. The third-order valence-electron chi connectivity index (χ3n) is 3.53. The molecule has 3 rings (SSSR count). The van der Waals surface area contributed by atoms with E-state index in [2.05, 4.69) is 19.2 Å². The number of nitrogens with zero attached hydrogens (tertiary/aromatic N) is 1. The molecule has 2 aromatic heterocycles. The summed E-state index contributed by atoms with van der Waals surface area (Å²) in [6.45, 7) is 4.62. The molecule has 0 bridgehead atoms. The van der Waals surface area contributed by atoms with E-state index in [0.29, 0.717) is 11.5 Å². The second-order valence-corrected chi connectivity index (χ2v) is 6.72. The largest absolute Gasteiger partial charge is 0.462 e. The van der Waals surface area contributed by atoms with Gasteiger partial charge in [0.15, 0.2) is 10.8 Å². The summed E-state index contributed by atoms with van der Waals surface area (Å²) in [7, 11) is 2.03. The molecular weight excluding hydrogens is 244 g/mol. The van der Waals surface area contributed by atoms with Crippen molar-refractivity contribution in [1.29, 1.82) is 0 Å². The van der Waals surface area contributed by atoms with Crippen molar-refractivity contribution in [2.24, 2.45) is 5.41 Å². The molecule has 96 valence electrons. The van der Waals surface area contributed by atoms with Gasteiger partial charge in [0.2, 0.25) is 0 Å². The lowest BCUT2D eigenvalue weighted by Crippen LogP contribution is -2.30. The van der Waals surface area contributed by atoms with Crippen molar-refractivity contribution in [3.63, 3.8) is 0 Å². The zero-order chi connectivity index (χ0) is 12.8. The van der Waals surface area contributed by atoms with Crippen LogP contribution in [0.1, 0.15) is 36.9 Å². The van der Waals surface area contributed by atoms with E-state index >= 15 is 0 Å². The maximum atomic E-state index is 5.45. The third kappa shape index (κ3) is 1.99. The number of fused-ring (bicyclic) bond motifs is 1. The number of furan rings is 1. The molecule has 1 atom stereocenters. The Labute approximate surface area is 111 Å². The Kier molecular flexibility index (Phi) is 2.79. The minimum atomic E-state index is 0.315. The monoisotopic (exact) mass is 262 g/mol. The van der Waals surface area contributed by atoms with E-state index in [4.69, 9.17) is 9.40 Å². The molecule has 0 saturated carbocycles. The predicted octanol–water partition coefficient (Wildman–Crippen LogP) is 3.64. The molecule has 0 amide bonds. The van der Waals surface area contributed by atoms with Crippen molar-refractivity contribution in [2.45, 2.75) is 32.7 Å². The van der Waals surface area contributed by atoms with Gasteiger partial charge in [-0.25, -0.2) is 4.98 Å². The lowest BCUT2D eigenvalue weighted by molar-refractivity contribution is 0.265.